The zero-order valence-electron chi connectivity index (χ0n) is 21.0. The van der Waals surface area contributed by atoms with E-state index in [2.05, 4.69) is 15.5 Å². The fraction of sp³-hybridized carbons (Fsp3) is 0.115. The maximum atomic E-state index is 13.4. The second-order valence-corrected chi connectivity index (χ2v) is 10.4. The Hall–Kier alpha value is -2.70. The minimum atomic E-state index is -4.70. The van der Waals surface area contributed by atoms with E-state index in [1.165, 1.54) is 24.3 Å². The van der Waals surface area contributed by atoms with Crippen molar-refractivity contribution in [3.05, 3.63) is 81.8 Å². The van der Waals surface area contributed by atoms with Gasteiger partial charge < -0.3 is 15.2 Å². The van der Waals surface area contributed by atoms with Gasteiger partial charge in [-0.25, -0.2) is 0 Å². The first-order valence-electron chi connectivity index (χ1n) is 11.1. The number of ether oxygens (including phenoxy) is 1. The molecule has 4 aromatic carbocycles. The van der Waals surface area contributed by atoms with Crippen molar-refractivity contribution in [3.8, 4) is 11.5 Å². The molecule has 0 fully saturated rings. The van der Waals surface area contributed by atoms with Gasteiger partial charge >= 0.3 is 29.6 Å². The standard InChI is InChI=1S/C26H21Cl2N3O6S.Na/c1-3-37-18-12-16(27)11-17(13-18)29-26(33)20-10-15-6-4-5-7-19(15)23(25(20)32)30-31-24-21(28)8-14(2)9-22(24)38(34,35)36;/h4-13,32H,3H2,1-2H3,(H,29,33)(H,34,35,36);/q;+1/p-1. The van der Waals surface area contributed by atoms with Gasteiger partial charge in [0.25, 0.3) is 16.0 Å². The maximum absolute atomic E-state index is 13.4. The van der Waals surface area contributed by atoms with Crippen LogP contribution in [0.2, 0.25) is 10.0 Å². The summed E-state index contributed by atoms with van der Waals surface area (Å²) >= 11 is 12.3. The second-order valence-electron chi connectivity index (χ2n) is 8.15. The number of azo groups is 1. The molecule has 0 aliphatic carbocycles. The van der Waals surface area contributed by atoms with Crippen LogP contribution in [0.1, 0.15) is 22.8 Å². The molecule has 4 aromatic rings. The normalized spacial score (nSPS) is 11.4. The SMILES string of the molecule is CCOc1cc(Cl)cc(NC(=O)c2cc3ccccc3c(N=Nc3c(Cl)cc(C)cc3S(=O)(=O)O)c2[O-])c1.[Na+]. The van der Waals surface area contributed by atoms with Crippen molar-refractivity contribution in [1.82, 2.24) is 0 Å². The van der Waals surface area contributed by atoms with Gasteiger partial charge in [-0.15, -0.1) is 5.11 Å². The van der Waals surface area contributed by atoms with E-state index in [1.54, 1.807) is 50.2 Å². The molecule has 196 valence electrons. The van der Waals surface area contributed by atoms with Crippen LogP contribution in [0.3, 0.4) is 0 Å². The molecule has 9 nitrogen and oxygen atoms in total. The van der Waals surface area contributed by atoms with E-state index in [9.17, 15) is 22.9 Å². The molecule has 4 rings (SSSR count). The Kier molecular flexibility index (Phi) is 10.0. The number of hydrogen-bond donors (Lipinski definition) is 2. The van der Waals surface area contributed by atoms with Crippen molar-refractivity contribution in [3.63, 3.8) is 0 Å². The number of nitrogens with one attached hydrogen (secondary N) is 1. The summed E-state index contributed by atoms with van der Waals surface area (Å²) in [6, 6.07) is 15.4. The molecule has 2 N–H and O–H groups in total. The number of carbonyl (C=O) groups is 1. The monoisotopic (exact) mass is 595 g/mol. The van der Waals surface area contributed by atoms with E-state index >= 15 is 0 Å². The average Bonchev–Trinajstić information content (AvgIpc) is 2.83. The first kappa shape index (κ1) is 30.8. The van der Waals surface area contributed by atoms with Crippen LogP contribution in [0.25, 0.3) is 10.8 Å². The molecule has 0 spiro atoms. The Labute approximate surface area is 256 Å². The predicted octanol–water partition coefficient (Wildman–Crippen LogP) is 3.85. The van der Waals surface area contributed by atoms with Crippen molar-refractivity contribution < 1.29 is 57.2 Å². The van der Waals surface area contributed by atoms with Crippen LogP contribution >= 0.6 is 23.2 Å². The molecule has 0 unspecified atom stereocenters. The zero-order chi connectivity index (χ0) is 27.6. The topological polar surface area (TPSA) is 140 Å². The molecule has 0 aliphatic rings. The van der Waals surface area contributed by atoms with E-state index in [0.717, 1.165) is 0 Å². The summed E-state index contributed by atoms with van der Waals surface area (Å²) < 4.78 is 38.9. The first-order chi connectivity index (χ1) is 18.0. The Morgan fingerprint density at radius 1 is 1.05 bits per heavy atom. The van der Waals surface area contributed by atoms with Crippen molar-refractivity contribution in [2.45, 2.75) is 18.7 Å². The Morgan fingerprint density at radius 2 is 1.74 bits per heavy atom. The summed E-state index contributed by atoms with van der Waals surface area (Å²) in [6.07, 6.45) is 0. The van der Waals surface area contributed by atoms with E-state index in [1.807, 2.05) is 0 Å². The molecule has 39 heavy (non-hydrogen) atoms. The minimum absolute atomic E-state index is 0. The third-order valence-electron chi connectivity index (χ3n) is 5.36. The maximum Gasteiger partial charge on any atom is 1.00 e. The smallest absolute Gasteiger partial charge is 0.870 e. The van der Waals surface area contributed by atoms with Crippen LogP contribution in [0.5, 0.6) is 11.5 Å². The molecular formula is C26H20Cl2N3NaO6S. The number of hydrogen-bond acceptors (Lipinski definition) is 7. The summed E-state index contributed by atoms with van der Waals surface area (Å²) in [6.45, 7) is 3.78. The largest absolute Gasteiger partial charge is 1.00 e. The van der Waals surface area contributed by atoms with Crippen LogP contribution < -0.4 is 44.7 Å². The van der Waals surface area contributed by atoms with Gasteiger partial charge in [-0.3, -0.25) is 9.35 Å². The van der Waals surface area contributed by atoms with E-state index in [0.29, 0.717) is 39.4 Å². The average molecular weight is 596 g/mol. The molecule has 0 aromatic heterocycles. The van der Waals surface area contributed by atoms with Gasteiger partial charge in [0.2, 0.25) is 0 Å². The number of rotatable bonds is 7. The predicted molar refractivity (Wildman–Crippen MR) is 144 cm³/mol. The van der Waals surface area contributed by atoms with Crippen molar-refractivity contribution in [2.75, 3.05) is 11.9 Å². The Morgan fingerprint density at radius 3 is 2.44 bits per heavy atom. The summed E-state index contributed by atoms with van der Waals surface area (Å²) in [7, 11) is -4.70. The van der Waals surface area contributed by atoms with Crippen LogP contribution in [0.4, 0.5) is 17.1 Å². The van der Waals surface area contributed by atoms with Crippen LogP contribution in [0, 0.1) is 6.92 Å². The number of anilines is 1. The van der Waals surface area contributed by atoms with Crippen LogP contribution in [-0.4, -0.2) is 25.5 Å². The molecule has 13 heteroatoms. The summed E-state index contributed by atoms with van der Waals surface area (Å²) in [5, 5.41) is 25.1. The van der Waals surface area contributed by atoms with Gasteiger partial charge in [-0.05, 0) is 55.1 Å². The third-order valence-corrected chi connectivity index (χ3v) is 6.73. The Bertz CT molecular complexity index is 1710. The fourth-order valence-corrected chi connectivity index (χ4v) is 5.08. The summed E-state index contributed by atoms with van der Waals surface area (Å²) in [4.78, 5) is 12.6. The number of halogens is 2. The summed E-state index contributed by atoms with van der Waals surface area (Å²) in [5.41, 5.74) is -0.0250. The molecule has 0 saturated carbocycles. The number of benzene rings is 4. The molecule has 0 heterocycles. The van der Waals surface area contributed by atoms with Crippen LogP contribution in [0.15, 0.2) is 75.8 Å². The minimum Gasteiger partial charge on any atom is -0.870 e. The van der Waals surface area contributed by atoms with Gasteiger partial charge in [-0.2, -0.15) is 13.5 Å². The molecule has 0 atom stereocenters. The number of aryl methyl sites for hydroxylation is 1. The van der Waals surface area contributed by atoms with Gasteiger partial charge in [-0.1, -0.05) is 53.2 Å². The summed E-state index contributed by atoms with van der Waals surface area (Å²) in [5.74, 6) is -1.04. The quantitative estimate of drug-likeness (QED) is 0.189. The second kappa shape index (κ2) is 12.6. The van der Waals surface area contributed by atoms with Gasteiger partial charge in [0, 0.05) is 27.7 Å². The first-order valence-corrected chi connectivity index (χ1v) is 13.3. The number of fused-ring (bicyclic) bond motifs is 1. The molecular weight excluding hydrogens is 576 g/mol. The van der Waals surface area contributed by atoms with E-state index in [-0.39, 0.29) is 51.5 Å². The van der Waals surface area contributed by atoms with Crippen LogP contribution in [-0.2, 0) is 10.1 Å². The van der Waals surface area contributed by atoms with E-state index < -0.39 is 26.7 Å². The van der Waals surface area contributed by atoms with Crippen molar-refractivity contribution in [2.24, 2.45) is 10.2 Å². The molecule has 0 radical (unpaired) electrons. The zero-order valence-corrected chi connectivity index (χ0v) is 25.4. The van der Waals surface area contributed by atoms with Gasteiger partial charge in [0.15, 0.2) is 0 Å². The molecule has 0 bridgehead atoms. The molecule has 0 aliphatic heterocycles. The van der Waals surface area contributed by atoms with Crippen molar-refractivity contribution >= 4 is 67.1 Å². The molecule has 0 saturated heterocycles. The number of amides is 1. The van der Waals surface area contributed by atoms with Crippen molar-refractivity contribution in [1.29, 1.82) is 0 Å². The van der Waals surface area contributed by atoms with E-state index in [4.69, 9.17) is 27.9 Å². The Balaban J connectivity index is 0.00000420. The van der Waals surface area contributed by atoms with Gasteiger partial charge in [0.05, 0.1) is 17.3 Å². The third kappa shape index (κ3) is 7.09. The fourth-order valence-electron chi connectivity index (χ4n) is 3.76. The molecule has 1 amide bonds. The number of nitrogens with zero attached hydrogens (tertiary/aromatic N) is 2. The number of carbonyl (C=O) groups excluding carboxylic acids is 1. The van der Waals surface area contributed by atoms with Gasteiger partial charge in [0.1, 0.15) is 16.3 Å².